The van der Waals surface area contributed by atoms with Crippen molar-refractivity contribution >= 4 is 22.6 Å². The summed E-state index contributed by atoms with van der Waals surface area (Å²) in [7, 11) is 1.98. The number of nitrogens with zero attached hydrogens (tertiary/aromatic N) is 4. The van der Waals surface area contributed by atoms with Crippen molar-refractivity contribution in [3.05, 3.63) is 66.1 Å². The molecule has 5 nitrogen and oxygen atoms in total. The van der Waals surface area contributed by atoms with Crippen LogP contribution in [0.15, 0.2) is 61.1 Å². The van der Waals surface area contributed by atoms with Crippen molar-refractivity contribution in [1.82, 2.24) is 19.5 Å². The van der Waals surface area contributed by atoms with Gasteiger partial charge in [0.25, 0.3) is 0 Å². The van der Waals surface area contributed by atoms with Crippen molar-refractivity contribution in [2.75, 3.05) is 0 Å². The van der Waals surface area contributed by atoms with Crippen molar-refractivity contribution < 1.29 is 4.74 Å². The lowest BCUT2D eigenvalue weighted by atomic mass is 10.2. The van der Waals surface area contributed by atoms with E-state index in [9.17, 15) is 0 Å². The summed E-state index contributed by atoms with van der Waals surface area (Å²) in [5, 5.41) is 0.699. The molecular weight excluding hydrogens is 324 g/mol. The minimum absolute atomic E-state index is 0.461. The van der Waals surface area contributed by atoms with Crippen molar-refractivity contribution in [3.8, 4) is 23.0 Å². The summed E-state index contributed by atoms with van der Waals surface area (Å²) in [6, 6.07) is 13.4. The first-order valence-electron chi connectivity index (χ1n) is 7.37. The average Bonchev–Trinajstić information content (AvgIpc) is 2.93. The lowest BCUT2D eigenvalue weighted by molar-refractivity contribution is 0.460. The van der Waals surface area contributed by atoms with Crippen molar-refractivity contribution in [3.63, 3.8) is 0 Å². The number of hydrogen-bond donors (Lipinski definition) is 0. The Hall–Kier alpha value is -2.92. The Balaban J connectivity index is 1.67. The average molecular weight is 337 g/mol. The Morgan fingerprint density at radius 3 is 2.62 bits per heavy atom. The number of rotatable bonds is 3. The highest BCUT2D eigenvalue weighted by Gasteiger charge is 2.10. The van der Waals surface area contributed by atoms with Gasteiger partial charge in [0.05, 0.1) is 17.2 Å². The molecule has 0 unspecified atom stereocenters. The molecule has 6 heteroatoms. The van der Waals surface area contributed by atoms with Crippen LogP contribution in [-0.4, -0.2) is 19.5 Å². The highest BCUT2D eigenvalue weighted by atomic mass is 35.5. The fourth-order valence-corrected chi connectivity index (χ4v) is 2.72. The summed E-state index contributed by atoms with van der Waals surface area (Å²) >= 11 is 6.08. The predicted molar refractivity (Wildman–Crippen MR) is 93.3 cm³/mol. The van der Waals surface area contributed by atoms with Gasteiger partial charge in [0.2, 0.25) is 5.88 Å². The molecule has 4 rings (SSSR count). The van der Waals surface area contributed by atoms with Crippen molar-refractivity contribution in [2.24, 2.45) is 7.05 Å². The highest BCUT2D eigenvalue weighted by molar-refractivity contribution is 6.31. The largest absolute Gasteiger partial charge is 0.438 e. The third-order valence-corrected chi connectivity index (χ3v) is 3.95. The molecule has 24 heavy (non-hydrogen) atoms. The SMILES string of the molecule is Cn1c(-c2ccc(Oc3cnccn3)cc2)nc2ccc(Cl)cc21. The molecule has 0 aliphatic rings. The third-order valence-electron chi connectivity index (χ3n) is 3.72. The zero-order valence-corrected chi connectivity index (χ0v) is 13.6. The first kappa shape index (κ1) is 14.7. The Morgan fingerprint density at radius 1 is 1.04 bits per heavy atom. The Morgan fingerprint density at radius 2 is 1.88 bits per heavy atom. The predicted octanol–water partition coefficient (Wildman–Crippen LogP) is 4.48. The zero-order valence-electron chi connectivity index (χ0n) is 12.8. The monoisotopic (exact) mass is 336 g/mol. The van der Waals surface area contributed by atoms with Gasteiger partial charge in [0.1, 0.15) is 11.6 Å². The molecule has 0 radical (unpaired) electrons. The molecule has 0 aliphatic heterocycles. The molecule has 2 aromatic heterocycles. The molecule has 0 N–H and O–H groups in total. The van der Waals surface area contributed by atoms with E-state index in [1.165, 1.54) is 0 Å². The molecular formula is C18H13ClN4O. The summed E-state index contributed by atoms with van der Waals surface area (Å²) < 4.78 is 7.68. The minimum Gasteiger partial charge on any atom is -0.438 e. The molecule has 0 spiro atoms. The fraction of sp³-hybridized carbons (Fsp3) is 0.0556. The Kier molecular flexibility index (Phi) is 3.63. The topological polar surface area (TPSA) is 52.8 Å². The molecule has 4 aromatic rings. The van der Waals surface area contributed by atoms with Gasteiger partial charge in [-0.2, -0.15) is 0 Å². The van der Waals surface area contributed by atoms with Crippen LogP contribution in [0.4, 0.5) is 0 Å². The number of benzene rings is 2. The molecule has 0 saturated carbocycles. The standard InChI is InChI=1S/C18H13ClN4O/c1-23-16-10-13(19)4-7-15(16)22-18(23)12-2-5-14(6-3-12)24-17-11-20-8-9-21-17/h2-11H,1H3. The molecule has 0 atom stereocenters. The number of fused-ring (bicyclic) bond motifs is 1. The van der Waals surface area contributed by atoms with Gasteiger partial charge in [-0.15, -0.1) is 0 Å². The molecule has 0 aliphatic carbocycles. The molecule has 2 heterocycles. The van der Waals surface area contributed by atoms with E-state index in [2.05, 4.69) is 15.0 Å². The first-order chi connectivity index (χ1) is 11.7. The second-order valence-corrected chi connectivity index (χ2v) is 5.73. The summed E-state index contributed by atoms with van der Waals surface area (Å²) in [6.07, 6.45) is 4.77. The van der Waals surface area contributed by atoms with Gasteiger partial charge in [0.15, 0.2) is 0 Å². The van der Waals surface area contributed by atoms with Gasteiger partial charge in [-0.3, -0.25) is 4.98 Å². The maximum atomic E-state index is 6.08. The molecule has 0 bridgehead atoms. The smallest absolute Gasteiger partial charge is 0.237 e. The summed E-state index contributed by atoms with van der Waals surface area (Å²) in [4.78, 5) is 12.7. The summed E-state index contributed by atoms with van der Waals surface area (Å²) in [6.45, 7) is 0. The maximum Gasteiger partial charge on any atom is 0.237 e. The van der Waals surface area contributed by atoms with E-state index in [0.29, 0.717) is 16.7 Å². The van der Waals surface area contributed by atoms with Gasteiger partial charge >= 0.3 is 0 Å². The van der Waals surface area contributed by atoms with E-state index in [1.54, 1.807) is 18.6 Å². The fourth-order valence-electron chi connectivity index (χ4n) is 2.55. The van der Waals surface area contributed by atoms with E-state index in [4.69, 9.17) is 16.3 Å². The van der Waals surface area contributed by atoms with Gasteiger partial charge in [-0.25, -0.2) is 9.97 Å². The Labute approximate surface area is 143 Å². The maximum absolute atomic E-state index is 6.08. The van der Waals surface area contributed by atoms with Crippen LogP contribution in [0.5, 0.6) is 11.6 Å². The second kappa shape index (κ2) is 5.94. The van der Waals surface area contributed by atoms with E-state index >= 15 is 0 Å². The normalized spacial score (nSPS) is 10.9. The first-order valence-corrected chi connectivity index (χ1v) is 7.75. The molecule has 0 saturated heterocycles. The van der Waals surface area contributed by atoms with E-state index in [-0.39, 0.29) is 0 Å². The van der Waals surface area contributed by atoms with Crippen LogP contribution in [0, 0.1) is 0 Å². The van der Waals surface area contributed by atoms with Gasteiger partial charge in [-0.05, 0) is 42.5 Å². The number of imidazole rings is 1. The van der Waals surface area contributed by atoms with Gasteiger partial charge in [0, 0.05) is 30.0 Å². The quantitative estimate of drug-likeness (QED) is 0.553. The van der Waals surface area contributed by atoms with Crippen LogP contribution in [0.25, 0.3) is 22.4 Å². The molecule has 2 aromatic carbocycles. The number of aryl methyl sites for hydroxylation is 1. The van der Waals surface area contributed by atoms with Crippen LogP contribution in [-0.2, 0) is 7.05 Å². The van der Waals surface area contributed by atoms with Crippen LogP contribution in [0.2, 0.25) is 5.02 Å². The van der Waals surface area contributed by atoms with E-state index in [1.807, 2.05) is 54.1 Å². The molecule has 0 amide bonds. The number of ether oxygens (including phenoxy) is 1. The minimum atomic E-state index is 0.461. The van der Waals surface area contributed by atoms with Crippen LogP contribution < -0.4 is 4.74 Å². The summed E-state index contributed by atoms with van der Waals surface area (Å²) in [5.41, 5.74) is 2.91. The van der Waals surface area contributed by atoms with Crippen LogP contribution in [0.3, 0.4) is 0 Å². The number of halogens is 1. The molecule has 0 fully saturated rings. The van der Waals surface area contributed by atoms with Gasteiger partial charge < -0.3 is 9.30 Å². The van der Waals surface area contributed by atoms with Crippen molar-refractivity contribution in [2.45, 2.75) is 0 Å². The third kappa shape index (κ3) is 2.70. The highest BCUT2D eigenvalue weighted by Crippen LogP contribution is 2.28. The lowest BCUT2D eigenvalue weighted by Crippen LogP contribution is -1.93. The van der Waals surface area contributed by atoms with Crippen molar-refractivity contribution in [1.29, 1.82) is 0 Å². The number of hydrogen-bond acceptors (Lipinski definition) is 4. The van der Waals surface area contributed by atoms with E-state index < -0.39 is 0 Å². The lowest BCUT2D eigenvalue weighted by Gasteiger charge is -2.06. The zero-order chi connectivity index (χ0) is 16.5. The second-order valence-electron chi connectivity index (χ2n) is 5.30. The number of aromatic nitrogens is 4. The Bertz CT molecular complexity index is 997. The summed E-state index contributed by atoms with van der Waals surface area (Å²) in [5.74, 6) is 2.03. The van der Waals surface area contributed by atoms with Crippen LogP contribution >= 0.6 is 11.6 Å². The van der Waals surface area contributed by atoms with E-state index in [0.717, 1.165) is 22.4 Å². The van der Waals surface area contributed by atoms with Gasteiger partial charge in [-0.1, -0.05) is 11.6 Å². The van der Waals surface area contributed by atoms with Crippen LogP contribution in [0.1, 0.15) is 0 Å². The molecule has 118 valence electrons.